The number of unbranched alkanes of at least 4 members (excludes halogenated alkanes) is 1. The van der Waals surface area contributed by atoms with Gasteiger partial charge in [-0.25, -0.2) is 0 Å². The Bertz CT molecular complexity index is 1160. The van der Waals surface area contributed by atoms with Gasteiger partial charge in [0.05, 0.1) is 5.75 Å². The van der Waals surface area contributed by atoms with Crippen LogP contribution in [-0.4, -0.2) is 35.1 Å². The first-order valence-corrected chi connectivity index (χ1v) is 14.9. The maximum Gasteiger partial charge on any atom is 0.243 e. The zero-order valence-electron chi connectivity index (χ0n) is 20.8. The molecular formula is C29H31BrCl2N2O2S. The molecule has 0 bridgehead atoms. The van der Waals surface area contributed by atoms with Crippen molar-refractivity contribution in [2.75, 3.05) is 12.3 Å². The summed E-state index contributed by atoms with van der Waals surface area (Å²) in [6.45, 7) is 3.01. The summed E-state index contributed by atoms with van der Waals surface area (Å²) < 4.78 is 0.961. The topological polar surface area (TPSA) is 49.4 Å². The van der Waals surface area contributed by atoms with Crippen molar-refractivity contribution in [3.63, 3.8) is 0 Å². The summed E-state index contributed by atoms with van der Waals surface area (Å²) >= 11 is 17.3. The van der Waals surface area contributed by atoms with Gasteiger partial charge in [0.15, 0.2) is 0 Å². The predicted molar refractivity (Wildman–Crippen MR) is 159 cm³/mol. The average Bonchev–Trinajstić information content (AvgIpc) is 2.89. The van der Waals surface area contributed by atoms with Gasteiger partial charge in [-0.1, -0.05) is 101 Å². The van der Waals surface area contributed by atoms with Crippen LogP contribution in [-0.2, 0) is 28.3 Å². The molecule has 0 aliphatic rings. The molecule has 0 aliphatic heterocycles. The van der Waals surface area contributed by atoms with E-state index in [1.165, 1.54) is 11.8 Å². The Morgan fingerprint density at radius 1 is 1.00 bits per heavy atom. The molecule has 0 radical (unpaired) electrons. The summed E-state index contributed by atoms with van der Waals surface area (Å²) in [5, 5.41) is 4.21. The standard InChI is InChI=1S/C29H31BrCl2N2O2S/c1-2-3-15-33-29(36)27(16-21-7-5-4-6-8-21)34(18-22-9-12-24(30)13-10-22)28(35)20-37-19-23-11-14-25(31)17-26(23)32/h4-14,17,27H,2-3,15-16,18-20H2,1H3,(H,33,36)/t27-/m0/s1. The van der Waals surface area contributed by atoms with Crippen molar-refractivity contribution in [3.8, 4) is 0 Å². The Labute approximate surface area is 242 Å². The van der Waals surface area contributed by atoms with Gasteiger partial charge in [-0.3, -0.25) is 9.59 Å². The highest BCUT2D eigenvalue weighted by Gasteiger charge is 2.30. The van der Waals surface area contributed by atoms with E-state index in [9.17, 15) is 9.59 Å². The Hall–Kier alpha value is -1.99. The lowest BCUT2D eigenvalue weighted by atomic mass is 10.0. The first kappa shape index (κ1) is 29.6. The molecule has 3 aromatic rings. The van der Waals surface area contributed by atoms with Crippen LogP contribution in [0.2, 0.25) is 10.0 Å². The van der Waals surface area contributed by atoms with E-state index in [0.29, 0.717) is 35.3 Å². The number of amides is 2. The van der Waals surface area contributed by atoms with E-state index in [-0.39, 0.29) is 17.6 Å². The van der Waals surface area contributed by atoms with Crippen molar-refractivity contribution in [2.24, 2.45) is 0 Å². The SMILES string of the molecule is CCCCNC(=O)[C@H](Cc1ccccc1)N(Cc1ccc(Br)cc1)C(=O)CSCc1ccc(Cl)cc1Cl. The van der Waals surface area contributed by atoms with Crippen LogP contribution in [0.5, 0.6) is 0 Å². The zero-order chi connectivity index (χ0) is 26.6. The highest BCUT2D eigenvalue weighted by Crippen LogP contribution is 2.25. The van der Waals surface area contributed by atoms with Gasteiger partial charge in [0, 0.05) is 39.8 Å². The number of rotatable bonds is 13. The van der Waals surface area contributed by atoms with Crippen LogP contribution < -0.4 is 5.32 Å². The first-order valence-electron chi connectivity index (χ1n) is 12.2. The Balaban J connectivity index is 1.83. The van der Waals surface area contributed by atoms with Crippen molar-refractivity contribution in [3.05, 3.63) is 104 Å². The first-order chi connectivity index (χ1) is 17.9. The molecule has 0 saturated heterocycles. The van der Waals surface area contributed by atoms with Crippen molar-refractivity contribution in [1.82, 2.24) is 10.2 Å². The van der Waals surface area contributed by atoms with E-state index in [1.54, 1.807) is 17.0 Å². The maximum atomic E-state index is 13.7. The van der Waals surface area contributed by atoms with Gasteiger partial charge in [-0.15, -0.1) is 11.8 Å². The van der Waals surface area contributed by atoms with E-state index in [1.807, 2.05) is 60.7 Å². The second-order valence-electron chi connectivity index (χ2n) is 8.73. The summed E-state index contributed by atoms with van der Waals surface area (Å²) in [5.41, 5.74) is 2.88. The average molecular weight is 622 g/mol. The van der Waals surface area contributed by atoms with Crippen LogP contribution in [0, 0.1) is 0 Å². The quantitative estimate of drug-likeness (QED) is 0.201. The molecule has 4 nitrogen and oxygen atoms in total. The van der Waals surface area contributed by atoms with Gasteiger partial charge in [0.2, 0.25) is 11.8 Å². The van der Waals surface area contributed by atoms with Gasteiger partial charge in [0.25, 0.3) is 0 Å². The number of benzene rings is 3. The number of nitrogens with one attached hydrogen (secondary N) is 1. The monoisotopic (exact) mass is 620 g/mol. The van der Waals surface area contributed by atoms with E-state index in [4.69, 9.17) is 23.2 Å². The number of hydrogen-bond donors (Lipinski definition) is 1. The number of halogens is 3. The van der Waals surface area contributed by atoms with Crippen molar-refractivity contribution >= 4 is 62.7 Å². The molecule has 3 aromatic carbocycles. The van der Waals surface area contributed by atoms with Gasteiger partial charge < -0.3 is 10.2 Å². The molecule has 1 atom stereocenters. The van der Waals surface area contributed by atoms with E-state index in [0.717, 1.165) is 34.0 Å². The summed E-state index contributed by atoms with van der Waals surface area (Å²) in [6.07, 6.45) is 2.31. The minimum absolute atomic E-state index is 0.0930. The van der Waals surface area contributed by atoms with Gasteiger partial charge in [-0.05, 0) is 47.4 Å². The Morgan fingerprint density at radius 2 is 1.73 bits per heavy atom. The number of carbonyl (C=O) groups excluding carboxylic acids is 2. The molecule has 0 aromatic heterocycles. The highest BCUT2D eigenvalue weighted by molar-refractivity contribution is 9.10. The molecule has 1 N–H and O–H groups in total. The number of carbonyl (C=O) groups is 2. The number of nitrogens with zero attached hydrogens (tertiary/aromatic N) is 1. The molecular weight excluding hydrogens is 591 g/mol. The fourth-order valence-electron chi connectivity index (χ4n) is 3.82. The van der Waals surface area contributed by atoms with Gasteiger partial charge in [-0.2, -0.15) is 0 Å². The molecule has 37 heavy (non-hydrogen) atoms. The second-order valence-corrected chi connectivity index (χ2v) is 11.5. The minimum Gasteiger partial charge on any atom is -0.354 e. The lowest BCUT2D eigenvalue weighted by Crippen LogP contribution is -2.51. The largest absolute Gasteiger partial charge is 0.354 e. The minimum atomic E-state index is -0.630. The van der Waals surface area contributed by atoms with E-state index < -0.39 is 6.04 Å². The third-order valence-corrected chi connectivity index (χ3v) is 7.95. The third-order valence-electron chi connectivity index (χ3n) is 5.87. The van der Waals surface area contributed by atoms with Crippen LogP contribution in [0.15, 0.2) is 77.3 Å². The molecule has 0 unspecified atom stereocenters. The highest BCUT2D eigenvalue weighted by atomic mass is 79.9. The fraction of sp³-hybridized carbons (Fsp3) is 0.310. The molecule has 0 spiro atoms. The summed E-state index contributed by atoms with van der Waals surface area (Å²) in [7, 11) is 0. The summed E-state index contributed by atoms with van der Waals surface area (Å²) in [6, 6.07) is 22.4. The zero-order valence-corrected chi connectivity index (χ0v) is 24.7. The Kier molecular flexibility index (Phi) is 12.3. The third kappa shape index (κ3) is 9.68. The van der Waals surface area contributed by atoms with Crippen molar-refractivity contribution in [1.29, 1.82) is 0 Å². The molecule has 0 aliphatic carbocycles. The van der Waals surface area contributed by atoms with Gasteiger partial charge >= 0.3 is 0 Å². The van der Waals surface area contributed by atoms with Crippen LogP contribution in [0.1, 0.15) is 36.5 Å². The maximum absolute atomic E-state index is 13.7. The van der Waals surface area contributed by atoms with Crippen LogP contribution in [0.4, 0.5) is 0 Å². The lowest BCUT2D eigenvalue weighted by molar-refractivity contribution is -0.139. The molecule has 196 valence electrons. The van der Waals surface area contributed by atoms with Crippen LogP contribution in [0.25, 0.3) is 0 Å². The second kappa shape index (κ2) is 15.4. The molecule has 0 fully saturated rings. The smallest absolute Gasteiger partial charge is 0.243 e. The fourth-order valence-corrected chi connectivity index (χ4v) is 5.55. The Morgan fingerprint density at radius 3 is 2.41 bits per heavy atom. The van der Waals surface area contributed by atoms with E-state index in [2.05, 4.69) is 28.2 Å². The molecule has 3 rings (SSSR count). The van der Waals surface area contributed by atoms with Crippen LogP contribution in [0.3, 0.4) is 0 Å². The van der Waals surface area contributed by atoms with Gasteiger partial charge in [0.1, 0.15) is 6.04 Å². The van der Waals surface area contributed by atoms with E-state index >= 15 is 0 Å². The molecule has 0 saturated carbocycles. The molecule has 0 heterocycles. The normalized spacial score (nSPS) is 11.7. The molecule has 2 amide bonds. The van der Waals surface area contributed by atoms with Crippen LogP contribution >= 0.6 is 50.9 Å². The summed E-state index contributed by atoms with van der Waals surface area (Å²) in [5.74, 6) is 0.571. The number of hydrogen-bond acceptors (Lipinski definition) is 3. The lowest BCUT2D eigenvalue weighted by Gasteiger charge is -2.31. The predicted octanol–water partition coefficient (Wildman–Crippen LogP) is 7.55. The summed E-state index contributed by atoms with van der Waals surface area (Å²) in [4.78, 5) is 28.8. The molecule has 8 heteroatoms. The van der Waals surface area contributed by atoms with Crippen molar-refractivity contribution < 1.29 is 9.59 Å². The number of thioether (sulfide) groups is 1. The van der Waals surface area contributed by atoms with Crippen molar-refractivity contribution in [2.45, 2.75) is 44.5 Å².